The van der Waals surface area contributed by atoms with Crippen molar-refractivity contribution >= 4 is 10.9 Å². The molecule has 0 saturated heterocycles. The van der Waals surface area contributed by atoms with Crippen LogP contribution in [0.4, 0.5) is 0 Å². The van der Waals surface area contributed by atoms with Crippen LogP contribution in [0.3, 0.4) is 0 Å². The highest BCUT2D eigenvalue weighted by atomic mass is 14.9. The number of rotatable bonds is 1. The molecule has 0 amide bonds. The van der Waals surface area contributed by atoms with Gasteiger partial charge in [0.05, 0.1) is 5.52 Å². The summed E-state index contributed by atoms with van der Waals surface area (Å²) in [6.45, 7) is 6.46. The molecular formula is C14H16N2. The van der Waals surface area contributed by atoms with Gasteiger partial charge in [-0.1, -0.05) is 6.92 Å². The maximum atomic E-state index is 9.05. The van der Waals surface area contributed by atoms with Crippen LogP contribution in [0.15, 0.2) is 12.1 Å². The Morgan fingerprint density at radius 2 is 2.00 bits per heavy atom. The molecule has 0 spiro atoms. The predicted octanol–water partition coefficient (Wildman–Crippen LogP) is 3.23. The van der Waals surface area contributed by atoms with Crippen LogP contribution < -0.4 is 0 Å². The molecular weight excluding hydrogens is 196 g/mol. The monoisotopic (exact) mass is 212 g/mol. The summed E-state index contributed by atoms with van der Waals surface area (Å²) >= 11 is 0. The Hall–Kier alpha value is -1.75. The van der Waals surface area contributed by atoms with Gasteiger partial charge >= 0.3 is 0 Å². The largest absolute Gasteiger partial charge is 0.335 e. The quantitative estimate of drug-likeness (QED) is 0.713. The summed E-state index contributed by atoms with van der Waals surface area (Å²) in [7, 11) is 1.97. The lowest BCUT2D eigenvalue weighted by atomic mass is 9.98. The van der Waals surface area contributed by atoms with E-state index in [4.69, 9.17) is 5.26 Å². The van der Waals surface area contributed by atoms with E-state index in [0.717, 1.165) is 12.1 Å². The molecule has 0 aliphatic heterocycles. The number of hydrogen-bond donors (Lipinski definition) is 0. The Labute approximate surface area is 96.1 Å². The molecule has 2 aromatic rings. The molecule has 2 nitrogen and oxygen atoms in total. The fourth-order valence-corrected chi connectivity index (χ4v) is 2.41. The van der Waals surface area contributed by atoms with Gasteiger partial charge in [-0.3, -0.25) is 0 Å². The molecule has 2 heteroatoms. The normalized spacial score (nSPS) is 10.7. The average molecular weight is 212 g/mol. The fraction of sp³-hybridized carbons (Fsp3) is 0.357. The summed E-state index contributed by atoms with van der Waals surface area (Å²) in [6, 6.07) is 6.38. The van der Waals surface area contributed by atoms with Gasteiger partial charge in [-0.05, 0) is 49.1 Å². The molecule has 82 valence electrons. The first-order valence-corrected chi connectivity index (χ1v) is 5.58. The first kappa shape index (κ1) is 10.8. The van der Waals surface area contributed by atoms with Crippen molar-refractivity contribution in [2.45, 2.75) is 27.2 Å². The van der Waals surface area contributed by atoms with Crippen LogP contribution >= 0.6 is 0 Å². The highest BCUT2D eigenvalue weighted by Gasteiger charge is 2.12. The molecule has 1 aromatic carbocycles. The predicted molar refractivity (Wildman–Crippen MR) is 66.5 cm³/mol. The summed E-state index contributed by atoms with van der Waals surface area (Å²) in [5, 5.41) is 10.2. The summed E-state index contributed by atoms with van der Waals surface area (Å²) in [5.41, 5.74) is 5.95. The number of hydrogen-bond acceptors (Lipinski definition) is 1. The maximum absolute atomic E-state index is 9.05. The van der Waals surface area contributed by atoms with Gasteiger partial charge in [-0.25, -0.2) is 0 Å². The van der Waals surface area contributed by atoms with Crippen LogP contribution in [0, 0.1) is 25.2 Å². The molecule has 0 saturated carbocycles. The van der Waals surface area contributed by atoms with Crippen LogP contribution in [-0.4, -0.2) is 4.57 Å². The summed E-state index contributed by atoms with van der Waals surface area (Å²) < 4.78 is 2.00. The molecule has 0 fully saturated rings. The van der Waals surface area contributed by atoms with Crippen molar-refractivity contribution in [2.75, 3.05) is 0 Å². The van der Waals surface area contributed by atoms with Crippen molar-refractivity contribution in [3.63, 3.8) is 0 Å². The van der Waals surface area contributed by atoms with Crippen LogP contribution in [0.1, 0.15) is 29.3 Å². The van der Waals surface area contributed by atoms with Gasteiger partial charge in [0, 0.05) is 12.4 Å². The van der Waals surface area contributed by atoms with Crippen LogP contribution in [0.5, 0.6) is 0 Å². The van der Waals surface area contributed by atoms with Gasteiger partial charge in [0.2, 0.25) is 0 Å². The van der Waals surface area contributed by atoms with E-state index < -0.39 is 0 Å². The smallest absolute Gasteiger partial charge is 0.121 e. The lowest BCUT2D eigenvalue weighted by Gasteiger charge is -2.10. The van der Waals surface area contributed by atoms with E-state index in [1.165, 1.54) is 27.6 Å². The standard InChI is InChI=1S/C14H16N2/c1-5-13-10(3)9(2)6-11-7-12(8-15)16(4)14(11)13/h6-7H,5H2,1-4H3. The number of fused-ring (bicyclic) bond motifs is 1. The van der Waals surface area contributed by atoms with Crippen molar-refractivity contribution in [3.05, 3.63) is 34.5 Å². The van der Waals surface area contributed by atoms with Gasteiger partial charge in [0.25, 0.3) is 0 Å². The molecule has 0 N–H and O–H groups in total. The Morgan fingerprint density at radius 3 is 2.56 bits per heavy atom. The van der Waals surface area contributed by atoms with Crippen molar-refractivity contribution in [3.8, 4) is 6.07 Å². The van der Waals surface area contributed by atoms with Gasteiger partial charge in [-0.2, -0.15) is 5.26 Å². The summed E-state index contributed by atoms with van der Waals surface area (Å²) in [6.07, 6.45) is 1.01. The van der Waals surface area contributed by atoms with Crippen LogP contribution in [-0.2, 0) is 13.5 Å². The maximum Gasteiger partial charge on any atom is 0.121 e. The van der Waals surface area contributed by atoms with E-state index in [1.807, 2.05) is 17.7 Å². The number of aryl methyl sites for hydroxylation is 3. The third-order valence-corrected chi connectivity index (χ3v) is 3.43. The Kier molecular flexibility index (Phi) is 2.47. The SMILES string of the molecule is CCc1c(C)c(C)cc2cc(C#N)n(C)c12. The topological polar surface area (TPSA) is 28.7 Å². The zero-order valence-corrected chi connectivity index (χ0v) is 10.3. The van der Waals surface area contributed by atoms with Gasteiger partial charge in [0.1, 0.15) is 11.8 Å². The molecule has 0 unspecified atom stereocenters. The Bertz CT molecular complexity index is 597. The second kappa shape index (κ2) is 3.68. The molecule has 16 heavy (non-hydrogen) atoms. The van der Waals surface area contributed by atoms with Crippen molar-refractivity contribution in [2.24, 2.45) is 7.05 Å². The van der Waals surface area contributed by atoms with E-state index in [0.29, 0.717) is 0 Å². The number of aromatic nitrogens is 1. The Morgan fingerprint density at radius 1 is 1.31 bits per heavy atom. The van der Waals surface area contributed by atoms with E-state index in [1.54, 1.807) is 0 Å². The average Bonchev–Trinajstić information content (AvgIpc) is 2.57. The molecule has 2 rings (SSSR count). The number of nitriles is 1. The summed E-state index contributed by atoms with van der Waals surface area (Å²) in [4.78, 5) is 0. The number of nitrogens with zero attached hydrogens (tertiary/aromatic N) is 2. The minimum Gasteiger partial charge on any atom is -0.335 e. The fourth-order valence-electron chi connectivity index (χ4n) is 2.41. The zero-order chi connectivity index (χ0) is 11.9. The third-order valence-electron chi connectivity index (χ3n) is 3.43. The van der Waals surface area contributed by atoms with E-state index in [2.05, 4.69) is 32.9 Å². The second-order valence-corrected chi connectivity index (χ2v) is 4.29. The highest BCUT2D eigenvalue weighted by Crippen LogP contribution is 2.28. The molecule has 0 aliphatic rings. The van der Waals surface area contributed by atoms with Gasteiger partial charge in [-0.15, -0.1) is 0 Å². The van der Waals surface area contributed by atoms with Gasteiger partial charge < -0.3 is 4.57 Å². The first-order valence-electron chi connectivity index (χ1n) is 5.58. The van der Waals surface area contributed by atoms with Crippen molar-refractivity contribution in [1.29, 1.82) is 5.26 Å². The van der Waals surface area contributed by atoms with E-state index in [-0.39, 0.29) is 0 Å². The highest BCUT2D eigenvalue weighted by molar-refractivity contribution is 5.87. The van der Waals surface area contributed by atoms with Crippen molar-refractivity contribution < 1.29 is 0 Å². The molecule has 0 aliphatic carbocycles. The molecule has 0 atom stereocenters. The lowest BCUT2D eigenvalue weighted by Crippen LogP contribution is -1.98. The first-order chi connectivity index (χ1) is 7.60. The lowest BCUT2D eigenvalue weighted by molar-refractivity contribution is 0.931. The minimum absolute atomic E-state index is 0.731. The summed E-state index contributed by atoms with van der Waals surface area (Å²) in [5.74, 6) is 0. The van der Waals surface area contributed by atoms with Crippen LogP contribution in [0.2, 0.25) is 0 Å². The molecule has 1 heterocycles. The van der Waals surface area contributed by atoms with Crippen molar-refractivity contribution in [1.82, 2.24) is 4.57 Å². The Balaban J connectivity index is 2.96. The van der Waals surface area contributed by atoms with E-state index >= 15 is 0 Å². The number of benzene rings is 1. The zero-order valence-electron chi connectivity index (χ0n) is 10.3. The van der Waals surface area contributed by atoms with E-state index in [9.17, 15) is 0 Å². The minimum atomic E-state index is 0.731. The molecule has 0 radical (unpaired) electrons. The second-order valence-electron chi connectivity index (χ2n) is 4.29. The molecule has 0 bridgehead atoms. The van der Waals surface area contributed by atoms with Crippen LogP contribution in [0.25, 0.3) is 10.9 Å². The third kappa shape index (κ3) is 1.32. The molecule has 1 aromatic heterocycles. The van der Waals surface area contributed by atoms with Gasteiger partial charge in [0.15, 0.2) is 0 Å².